The number of hydrogen-bond acceptors (Lipinski definition) is 6. The van der Waals surface area contributed by atoms with Gasteiger partial charge in [0.25, 0.3) is 5.91 Å². The maximum atomic E-state index is 12.5. The number of esters is 1. The van der Waals surface area contributed by atoms with E-state index in [-0.39, 0.29) is 23.7 Å². The molecule has 25 heavy (non-hydrogen) atoms. The summed E-state index contributed by atoms with van der Waals surface area (Å²) in [5.41, 5.74) is 0. The van der Waals surface area contributed by atoms with Crippen LogP contribution in [0.25, 0.3) is 0 Å². The van der Waals surface area contributed by atoms with Gasteiger partial charge in [0.15, 0.2) is 6.10 Å². The Morgan fingerprint density at radius 2 is 1.60 bits per heavy atom. The molecule has 0 aromatic carbocycles. The maximum absolute atomic E-state index is 12.5. The van der Waals surface area contributed by atoms with Gasteiger partial charge < -0.3 is 10.1 Å². The smallest absolute Gasteiger partial charge is 0.329 e. The van der Waals surface area contributed by atoms with E-state index >= 15 is 0 Å². The van der Waals surface area contributed by atoms with Gasteiger partial charge in [0.05, 0.1) is 11.8 Å². The molecule has 138 valence electrons. The number of imide groups is 2. The van der Waals surface area contributed by atoms with Crippen LogP contribution in [-0.2, 0) is 23.9 Å². The summed E-state index contributed by atoms with van der Waals surface area (Å²) in [4.78, 5) is 61.0. The van der Waals surface area contributed by atoms with E-state index in [9.17, 15) is 24.0 Å². The van der Waals surface area contributed by atoms with Crippen LogP contribution in [0, 0.1) is 11.8 Å². The van der Waals surface area contributed by atoms with E-state index in [4.69, 9.17) is 4.74 Å². The Labute approximate surface area is 145 Å². The fraction of sp³-hybridized carbons (Fsp3) is 0.688. The summed E-state index contributed by atoms with van der Waals surface area (Å²) in [7, 11) is 1.34. The number of likely N-dealkylation sites (tertiary alicyclic amines) is 1. The van der Waals surface area contributed by atoms with Crippen molar-refractivity contribution < 1.29 is 28.7 Å². The lowest BCUT2D eigenvalue weighted by Gasteiger charge is -2.23. The van der Waals surface area contributed by atoms with Gasteiger partial charge in [-0.3, -0.25) is 24.6 Å². The Kier molecular flexibility index (Phi) is 5.76. The number of urea groups is 1. The van der Waals surface area contributed by atoms with Gasteiger partial charge in [0.1, 0.15) is 6.04 Å². The molecule has 2 aliphatic rings. The SMILES string of the molecule is CNC(=O)NC(=O)C(C)OC(=O)C(C)N1C(=O)C2CCCCC2C1=O. The molecule has 5 amide bonds. The molecule has 0 aromatic heterocycles. The molecule has 9 nitrogen and oxygen atoms in total. The molecule has 1 aliphatic carbocycles. The molecule has 4 unspecified atom stereocenters. The summed E-state index contributed by atoms with van der Waals surface area (Å²) in [6.07, 6.45) is 1.85. The highest BCUT2D eigenvalue weighted by Crippen LogP contribution is 2.38. The van der Waals surface area contributed by atoms with Crippen LogP contribution >= 0.6 is 0 Å². The average Bonchev–Trinajstić information content (AvgIpc) is 2.85. The monoisotopic (exact) mass is 353 g/mol. The van der Waals surface area contributed by atoms with Gasteiger partial charge >= 0.3 is 12.0 Å². The zero-order valence-electron chi connectivity index (χ0n) is 14.5. The van der Waals surface area contributed by atoms with Crippen molar-refractivity contribution in [1.29, 1.82) is 0 Å². The third-order valence-electron chi connectivity index (χ3n) is 4.73. The van der Waals surface area contributed by atoms with Gasteiger partial charge in [0.2, 0.25) is 11.8 Å². The van der Waals surface area contributed by atoms with Gasteiger partial charge in [-0.1, -0.05) is 12.8 Å². The van der Waals surface area contributed by atoms with Crippen molar-refractivity contribution in [2.45, 2.75) is 51.7 Å². The normalized spacial score (nSPS) is 25.0. The van der Waals surface area contributed by atoms with E-state index in [0.29, 0.717) is 12.8 Å². The van der Waals surface area contributed by atoms with Crippen LogP contribution in [-0.4, -0.2) is 53.8 Å². The van der Waals surface area contributed by atoms with Crippen molar-refractivity contribution >= 4 is 29.7 Å². The molecule has 1 saturated heterocycles. The molecule has 0 bridgehead atoms. The van der Waals surface area contributed by atoms with Crippen LogP contribution in [0.3, 0.4) is 0 Å². The fourth-order valence-corrected chi connectivity index (χ4v) is 3.28. The zero-order valence-corrected chi connectivity index (χ0v) is 14.5. The summed E-state index contributed by atoms with van der Waals surface area (Å²) in [5, 5.41) is 4.19. The van der Waals surface area contributed by atoms with Crippen LogP contribution in [0.5, 0.6) is 0 Å². The highest BCUT2D eigenvalue weighted by molar-refractivity contribution is 6.08. The van der Waals surface area contributed by atoms with Crippen LogP contribution in [0.15, 0.2) is 0 Å². The molecule has 4 atom stereocenters. The minimum absolute atomic E-state index is 0.346. The lowest BCUT2D eigenvalue weighted by Crippen LogP contribution is -2.48. The average molecular weight is 353 g/mol. The molecule has 1 saturated carbocycles. The number of nitrogens with zero attached hydrogens (tertiary/aromatic N) is 1. The topological polar surface area (TPSA) is 122 Å². The van der Waals surface area contributed by atoms with Gasteiger partial charge in [-0.05, 0) is 26.7 Å². The lowest BCUT2D eigenvalue weighted by atomic mass is 9.81. The third-order valence-corrected chi connectivity index (χ3v) is 4.73. The van der Waals surface area contributed by atoms with Crippen molar-refractivity contribution in [3.05, 3.63) is 0 Å². The van der Waals surface area contributed by atoms with Crippen LogP contribution in [0.1, 0.15) is 39.5 Å². The molecule has 0 spiro atoms. The van der Waals surface area contributed by atoms with Crippen molar-refractivity contribution in [2.24, 2.45) is 11.8 Å². The second kappa shape index (κ2) is 7.62. The Balaban J connectivity index is 1.99. The predicted octanol–water partition coefficient (Wildman–Crippen LogP) is -0.0626. The number of carbonyl (C=O) groups is 5. The molecule has 0 radical (unpaired) electrons. The predicted molar refractivity (Wildman–Crippen MR) is 84.9 cm³/mol. The molecule has 2 rings (SSSR count). The van der Waals surface area contributed by atoms with E-state index in [0.717, 1.165) is 17.7 Å². The minimum atomic E-state index is -1.23. The number of nitrogens with one attached hydrogen (secondary N) is 2. The third kappa shape index (κ3) is 3.80. The van der Waals surface area contributed by atoms with Gasteiger partial charge in [-0.2, -0.15) is 0 Å². The van der Waals surface area contributed by atoms with Gasteiger partial charge in [0, 0.05) is 7.05 Å². The standard InChI is InChI=1S/C16H23N3O6/c1-8(15(23)25-9(2)12(20)18-16(24)17-3)19-13(21)10-6-4-5-7-11(10)14(19)22/h8-11H,4-7H2,1-3H3,(H2,17,18,20,24). The first-order valence-corrected chi connectivity index (χ1v) is 8.38. The number of hydrogen-bond donors (Lipinski definition) is 2. The number of rotatable bonds is 4. The highest BCUT2D eigenvalue weighted by atomic mass is 16.5. The number of fused-ring (bicyclic) bond motifs is 1. The van der Waals surface area contributed by atoms with Crippen LogP contribution < -0.4 is 10.6 Å². The van der Waals surface area contributed by atoms with Gasteiger partial charge in [-0.15, -0.1) is 0 Å². The van der Waals surface area contributed by atoms with E-state index in [1.807, 2.05) is 5.32 Å². The van der Waals surface area contributed by atoms with Crippen LogP contribution in [0.2, 0.25) is 0 Å². The van der Waals surface area contributed by atoms with E-state index in [1.165, 1.54) is 20.9 Å². The quantitative estimate of drug-likeness (QED) is 0.539. The van der Waals surface area contributed by atoms with E-state index in [1.54, 1.807) is 0 Å². The second-order valence-corrected chi connectivity index (χ2v) is 6.37. The molecule has 1 heterocycles. The molecule has 2 fully saturated rings. The first kappa shape index (κ1) is 18.9. The summed E-state index contributed by atoms with van der Waals surface area (Å²) >= 11 is 0. The molecule has 9 heteroatoms. The Hall–Kier alpha value is -2.45. The Morgan fingerprint density at radius 3 is 2.08 bits per heavy atom. The summed E-state index contributed by atoms with van der Waals surface area (Å²) < 4.78 is 5.00. The molecule has 1 aliphatic heterocycles. The first-order chi connectivity index (χ1) is 11.8. The van der Waals surface area contributed by atoms with Gasteiger partial charge in [-0.25, -0.2) is 9.59 Å². The Bertz CT molecular complexity index is 581. The fourth-order valence-electron chi connectivity index (χ4n) is 3.28. The van der Waals surface area contributed by atoms with Crippen molar-refractivity contribution in [1.82, 2.24) is 15.5 Å². The largest absolute Gasteiger partial charge is 0.451 e. The summed E-state index contributed by atoms with van der Waals surface area (Å²) in [6, 6.07) is -1.84. The Morgan fingerprint density at radius 1 is 1.08 bits per heavy atom. The van der Waals surface area contributed by atoms with Crippen molar-refractivity contribution in [2.75, 3.05) is 7.05 Å². The molecule has 0 aromatic rings. The molecule has 2 N–H and O–H groups in total. The number of amides is 5. The van der Waals surface area contributed by atoms with Crippen molar-refractivity contribution in [3.63, 3.8) is 0 Å². The second-order valence-electron chi connectivity index (χ2n) is 6.37. The minimum Gasteiger partial charge on any atom is -0.451 e. The molecular formula is C16H23N3O6. The van der Waals surface area contributed by atoms with Crippen molar-refractivity contribution in [3.8, 4) is 0 Å². The number of carbonyl (C=O) groups excluding carboxylic acids is 5. The maximum Gasteiger partial charge on any atom is 0.329 e. The number of ether oxygens (including phenoxy) is 1. The van der Waals surface area contributed by atoms with E-state index < -0.39 is 30.1 Å². The zero-order chi connectivity index (χ0) is 18.7. The van der Waals surface area contributed by atoms with Crippen LogP contribution in [0.4, 0.5) is 4.79 Å². The lowest BCUT2D eigenvalue weighted by molar-refractivity contribution is -0.163. The summed E-state index contributed by atoms with van der Waals surface area (Å²) in [5.74, 6) is -3.06. The first-order valence-electron chi connectivity index (χ1n) is 8.38. The van der Waals surface area contributed by atoms with E-state index in [2.05, 4.69) is 5.32 Å². The molecular weight excluding hydrogens is 330 g/mol. The summed E-state index contributed by atoms with van der Waals surface area (Å²) in [6.45, 7) is 2.70. The highest BCUT2D eigenvalue weighted by Gasteiger charge is 2.51.